The molecule has 0 bridgehead atoms. The van der Waals surface area contributed by atoms with Gasteiger partial charge in [-0.05, 0) is 18.9 Å². The highest BCUT2D eigenvalue weighted by Gasteiger charge is 2.17. The van der Waals surface area contributed by atoms with Crippen LogP contribution < -0.4 is 0 Å². The second-order valence-corrected chi connectivity index (χ2v) is 4.08. The number of esters is 1. The summed E-state index contributed by atoms with van der Waals surface area (Å²) in [4.78, 5) is 11.7. The number of carbonyl (C=O) groups is 1. The van der Waals surface area contributed by atoms with Crippen LogP contribution in [0.5, 0.6) is 0 Å². The first kappa shape index (κ1) is 12.5. The molecule has 1 aromatic rings. The summed E-state index contributed by atoms with van der Waals surface area (Å²) in [6.45, 7) is 9.40. The minimum absolute atomic E-state index is 0.287. The smallest absolute Gasteiger partial charge is 0.357 e. The van der Waals surface area contributed by atoms with Crippen molar-refractivity contribution in [1.82, 2.24) is 9.78 Å². The van der Waals surface area contributed by atoms with Crippen LogP contribution in [-0.4, -0.2) is 21.9 Å². The van der Waals surface area contributed by atoms with Crippen molar-refractivity contribution in [2.75, 3.05) is 0 Å². The lowest BCUT2D eigenvalue weighted by Crippen LogP contribution is -2.15. The molecule has 0 aliphatic heterocycles. The monoisotopic (exact) mass is 222 g/mol. The maximum Gasteiger partial charge on any atom is 0.357 e. The Bertz CT molecular complexity index is 394. The molecule has 88 valence electrons. The molecule has 16 heavy (non-hydrogen) atoms. The van der Waals surface area contributed by atoms with Gasteiger partial charge in [-0.3, -0.25) is 4.68 Å². The highest BCUT2D eigenvalue weighted by molar-refractivity contribution is 5.87. The van der Waals surface area contributed by atoms with E-state index in [1.54, 1.807) is 30.8 Å². The third-order valence-corrected chi connectivity index (χ3v) is 2.32. The van der Waals surface area contributed by atoms with Crippen LogP contribution >= 0.6 is 0 Å². The van der Waals surface area contributed by atoms with Crippen LogP contribution in [-0.2, 0) is 11.8 Å². The lowest BCUT2D eigenvalue weighted by atomic mass is 10.1. The van der Waals surface area contributed by atoms with E-state index in [-0.39, 0.29) is 12.1 Å². The molecule has 0 aliphatic carbocycles. The molecule has 1 heterocycles. The highest BCUT2D eigenvalue weighted by atomic mass is 16.5. The van der Waals surface area contributed by atoms with E-state index in [1.807, 2.05) is 13.8 Å². The van der Waals surface area contributed by atoms with Crippen molar-refractivity contribution in [3.8, 4) is 0 Å². The fraction of sp³-hybridized carbons (Fsp3) is 0.500. The number of rotatable bonds is 4. The van der Waals surface area contributed by atoms with Crippen molar-refractivity contribution in [1.29, 1.82) is 0 Å². The van der Waals surface area contributed by atoms with Gasteiger partial charge in [-0.2, -0.15) is 5.10 Å². The topological polar surface area (TPSA) is 44.1 Å². The second-order valence-electron chi connectivity index (χ2n) is 4.08. The van der Waals surface area contributed by atoms with E-state index in [0.717, 1.165) is 5.69 Å². The predicted octanol–water partition coefficient (Wildman–Crippen LogP) is 2.27. The Morgan fingerprint density at radius 3 is 2.62 bits per heavy atom. The summed E-state index contributed by atoms with van der Waals surface area (Å²) >= 11 is 0. The van der Waals surface area contributed by atoms with Gasteiger partial charge in [0, 0.05) is 7.05 Å². The zero-order valence-electron chi connectivity index (χ0n) is 10.2. The van der Waals surface area contributed by atoms with Crippen LogP contribution in [0.1, 0.15) is 42.9 Å². The number of aryl methyl sites for hydroxylation is 1. The first-order chi connectivity index (χ1) is 7.45. The number of hydrogen-bond acceptors (Lipinski definition) is 3. The Morgan fingerprint density at radius 2 is 2.19 bits per heavy atom. The Labute approximate surface area is 95.9 Å². The maximum absolute atomic E-state index is 11.7. The van der Waals surface area contributed by atoms with E-state index in [0.29, 0.717) is 11.6 Å². The second kappa shape index (κ2) is 4.96. The van der Waals surface area contributed by atoms with Gasteiger partial charge in [0.25, 0.3) is 0 Å². The number of nitrogens with zero attached hydrogens (tertiary/aromatic N) is 2. The van der Waals surface area contributed by atoms with E-state index in [1.165, 1.54) is 0 Å². The maximum atomic E-state index is 11.7. The number of ether oxygens (including phenoxy) is 1. The molecular formula is C12H18N2O2. The minimum Gasteiger partial charge on any atom is -0.454 e. The van der Waals surface area contributed by atoms with E-state index < -0.39 is 0 Å². The van der Waals surface area contributed by atoms with Crippen molar-refractivity contribution < 1.29 is 9.53 Å². The van der Waals surface area contributed by atoms with Crippen LogP contribution in [0.3, 0.4) is 0 Å². The van der Waals surface area contributed by atoms with E-state index in [9.17, 15) is 4.79 Å². The fourth-order valence-electron chi connectivity index (χ4n) is 1.24. The lowest BCUT2D eigenvalue weighted by Gasteiger charge is -2.07. The molecule has 0 aromatic carbocycles. The van der Waals surface area contributed by atoms with Gasteiger partial charge < -0.3 is 4.74 Å². The van der Waals surface area contributed by atoms with Gasteiger partial charge in [-0.25, -0.2) is 4.79 Å². The summed E-state index contributed by atoms with van der Waals surface area (Å²) in [5.74, 6) is -0.0705. The van der Waals surface area contributed by atoms with E-state index in [4.69, 9.17) is 4.74 Å². The van der Waals surface area contributed by atoms with Gasteiger partial charge in [0.2, 0.25) is 0 Å². The van der Waals surface area contributed by atoms with Crippen molar-refractivity contribution >= 4 is 5.97 Å². The zero-order valence-corrected chi connectivity index (χ0v) is 10.2. The van der Waals surface area contributed by atoms with Gasteiger partial charge in [0.05, 0.1) is 5.69 Å². The van der Waals surface area contributed by atoms with Crippen LogP contribution in [0.25, 0.3) is 0 Å². The molecule has 0 spiro atoms. The first-order valence-corrected chi connectivity index (χ1v) is 5.33. The molecule has 4 nitrogen and oxygen atoms in total. The molecule has 0 radical (unpaired) electrons. The summed E-state index contributed by atoms with van der Waals surface area (Å²) in [7, 11) is 1.74. The summed E-state index contributed by atoms with van der Waals surface area (Å²) in [6.07, 6.45) is 1.29. The van der Waals surface area contributed by atoms with Crippen molar-refractivity contribution in [2.45, 2.75) is 32.8 Å². The summed E-state index contributed by atoms with van der Waals surface area (Å²) in [5, 5.41) is 4.25. The average molecular weight is 222 g/mol. The molecule has 0 N–H and O–H groups in total. The molecule has 1 unspecified atom stereocenters. The Morgan fingerprint density at radius 1 is 1.56 bits per heavy atom. The molecule has 0 aliphatic rings. The third-order valence-electron chi connectivity index (χ3n) is 2.32. The number of hydrogen-bond donors (Lipinski definition) is 0. The molecule has 0 amide bonds. The molecule has 1 atom stereocenters. The molecule has 4 heteroatoms. The standard InChI is InChI=1S/C12H18N2O2/c1-6-9(4)16-12(15)11-7-10(8(2)3)13-14(11)5/h6-9H,1H2,2-5H3. The van der Waals surface area contributed by atoms with Gasteiger partial charge >= 0.3 is 5.97 Å². The van der Waals surface area contributed by atoms with Crippen molar-refractivity contribution in [3.63, 3.8) is 0 Å². The molecule has 1 rings (SSSR count). The van der Waals surface area contributed by atoms with E-state index in [2.05, 4.69) is 11.7 Å². The largest absolute Gasteiger partial charge is 0.454 e. The fourth-order valence-corrected chi connectivity index (χ4v) is 1.24. The van der Waals surface area contributed by atoms with E-state index >= 15 is 0 Å². The van der Waals surface area contributed by atoms with Crippen LogP contribution in [0.15, 0.2) is 18.7 Å². The third kappa shape index (κ3) is 2.72. The van der Waals surface area contributed by atoms with Gasteiger partial charge in [-0.1, -0.05) is 26.5 Å². The normalized spacial score (nSPS) is 12.6. The quantitative estimate of drug-likeness (QED) is 0.580. The Kier molecular flexibility index (Phi) is 3.88. The Balaban J connectivity index is 2.87. The van der Waals surface area contributed by atoms with Crippen LogP contribution in [0.2, 0.25) is 0 Å². The molecule has 1 aromatic heterocycles. The minimum atomic E-state index is -0.366. The van der Waals surface area contributed by atoms with Crippen LogP contribution in [0.4, 0.5) is 0 Å². The molecule has 0 saturated heterocycles. The average Bonchev–Trinajstić information content (AvgIpc) is 2.60. The molecule has 0 fully saturated rings. The zero-order chi connectivity index (χ0) is 12.3. The first-order valence-electron chi connectivity index (χ1n) is 5.33. The van der Waals surface area contributed by atoms with Gasteiger partial charge in [-0.15, -0.1) is 0 Å². The van der Waals surface area contributed by atoms with Gasteiger partial charge in [0.1, 0.15) is 11.8 Å². The highest BCUT2D eigenvalue weighted by Crippen LogP contribution is 2.14. The lowest BCUT2D eigenvalue weighted by molar-refractivity contribution is 0.0412. The van der Waals surface area contributed by atoms with Crippen LogP contribution in [0, 0.1) is 0 Å². The van der Waals surface area contributed by atoms with Crippen molar-refractivity contribution in [3.05, 3.63) is 30.1 Å². The number of carbonyl (C=O) groups excluding carboxylic acids is 1. The summed E-state index contributed by atoms with van der Waals surface area (Å²) in [5.41, 5.74) is 1.36. The number of aromatic nitrogens is 2. The Hall–Kier alpha value is -1.58. The molecule has 0 saturated carbocycles. The SMILES string of the molecule is C=CC(C)OC(=O)c1cc(C(C)C)nn1C. The van der Waals surface area contributed by atoms with Gasteiger partial charge in [0.15, 0.2) is 0 Å². The molecular weight excluding hydrogens is 204 g/mol. The summed E-state index contributed by atoms with van der Waals surface area (Å²) < 4.78 is 6.69. The van der Waals surface area contributed by atoms with Crippen molar-refractivity contribution in [2.24, 2.45) is 7.05 Å². The summed E-state index contributed by atoms with van der Waals surface area (Å²) in [6, 6.07) is 1.77. The predicted molar refractivity (Wildman–Crippen MR) is 62.4 cm³/mol.